The molecule has 1 N–H and O–H groups in total. The molecule has 2 heterocycles. The molecule has 0 unspecified atom stereocenters. The Morgan fingerprint density at radius 2 is 2.16 bits per heavy atom. The first-order valence-electron chi connectivity index (χ1n) is 5.71. The maximum absolute atomic E-state index is 11.9. The van der Waals surface area contributed by atoms with Crippen molar-refractivity contribution in [3.05, 3.63) is 64.3 Å². The van der Waals surface area contributed by atoms with Crippen molar-refractivity contribution in [1.82, 2.24) is 14.8 Å². The van der Waals surface area contributed by atoms with Crippen LogP contribution < -0.4 is 10.9 Å². The lowest BCUT2D eigenvalue weighted by Crippen LogP contribution is -2.23. The molecule has 0 aliphatic carbocycles. The number of hydrogen-bond donors (Lipinski definition) is 1. The number of pyridine rings is 1. The smallest absolute Gasteiger partial charge is 0.287 e. The van der Waals surface area contributed by atoms with Crippen LogP contribution in [-0.4, -0.2) is 14.8 Å². The maximum atomic E-state index is 11.9. The standard InChI is InChI=1S/C13H13ClN4O/c1-2-7-18-13(19)12(14)11(9-17-18)16-8-10-3-5-15-6-4-10/h2-6,9,16H,1,7-8H2. The summed E-state index contributed by atoms with van der Waals surface area (Å²) in [5.41, 5.74) is 1.23. The molecule has 19 heavy (non-hydrogen) atoms. The Balaban J connectivity index is 2.16. The highest BCUT2D eigenvalue weighted by Gasteiger charge is 2.08. The highest BCUT2D eigenvalue weighted by atomic mass is 35.5. The van der Waals surface area contributed by atoms with Crippen LogP contribution in [-0.2, 0) is 13.1 Å². The summed E-state index contributed by atoms with van der Waals surface area (Å²) in [6.07, 6.45) is 6.54. The Kier molecular flexibility index (Phi) is 4.30. The fourth-order valence-electron chi connectivity index (χ4n) is 1.54. The topological polar surface area (TPSA) is 59.8 Å². The molecule has 6 heteroatoms. The van der Waals surface area contributed by atoms with Crippen LogP contribution in [0.4, 0.5) is 5.69 Å². The summed E-state index contributed by atoms with van der Waals surface area (Å²) < 4.78 is 1.26. The van der Waals surface area contributed by atoms with E-state index in [0.29, 0.717) is 18.8 Å². The number of nitrogens with zero attached hydrogens (tertiary/aromatic N) is 3. The van der Waals surface area contributed by atoms with Gasteiger partial charge in [-0.1, -0.05) is 17.7 Å². The van der Waals surface area contributed by atoms with Gasteiger partial charge in [-0.3, -0.25) is 9.78 Å². The molecular weight excluding hydrogens is 264 g/mol. The van der Waals surface area contributed by atoms with Gasteiger partial charge in [-0.15, -0.1) is 6.58 Å². The zero-order valence-corrected chi connectivity index (χ0v) is 11.0. The van der Waals surface area contributed by atoms with E-state index in [1.807, 2.05) is 12.1 Å². The molecule has 0 aliphatic rings. The third kappa shape index (κ3) is 3.20. The SMILES string of the molecule is C=CCn1ncc(NCc2ccncc2)c(Cl)c1=O. The molecule has 0 atom stereocenters. The lowest BCUT2D eigenvalue weighted by molar-refractivity contribution is 0.653. The van der Waals surface area contributed by atoms with E-state index >= 15 is 0 Å². The summed E-state index contributed by atoms with van der Waals surface area (Å²) in [5, 5.41) is 7.22. The minimum absolute atomic E-state index is 0.130. The van der Waals surface area contributed by atoms with E-state index in [0.717, 1.165) is 5.56 Å². The van der Waals surface area contributed by atoms with Gasteiger partial charge in [-0.05, 0) is 17.7 Å². The Hall–Kier alpha value is -2.14. The van der Waals surface area contributed by atoms with Crippen LogP contribution in [0.2, 0.25) is 5.02 Å². The van der Waals surface area contributed by atoms with Gasteiger partial charge in [0, 0.05) is 18.9 Å². The number of rotatable bonds is 5. The summed E-state index contributed by atoms with van der Waals surface area (Å²) in [6, 6.07) is 3.76. The molecule has 0 amide bonds. The van der Waals surface area contributed by atoms with Crippen molar-refractivity contribution in [2.24, 2.45) is 0 Å². The predicted octanol–water partition coefficient (Wildman–Crippen LogP) is 2.09. The van der Waals surface area contributed by atoms with Gasteiger partial charge in [0.1, 0.15) is 5.02 Å². The summed E-state index contributed by atoms with van der Waals surface area (Å²) >= 11 is 6.02. The lowest BCUT2D eigenvalue weighted by atomic mass is 10.2. The van der Waals surface area contributed by atoms with Gasteiger partial charge in [0.2, 0.25) is 0 Å². The van der Waals surface area contributed by atoms with Crippen LogP contribution in [0.25, 0.3) is 0 Å². The second-order valence-electron chi connectivity index (χ2n) is 3.86. The first kappa shape index (κ1) is 13.3. The molecule has 0 aliphatic heterocycles. The second kappa shape index (κ2) is 6.15. The van der Waals surface area contributed by atoms with E-state index < -0.39 is 0 Å². The molecule has 0 saturated carbocycles. The highest BCUT2D eigenvalue weighted by molar-refractivity contribution is 6.32. The third-order valence-corrected chi connectivity index (χ3v) is 2.88. The third-order valence-electron chi connectivity index (χ3n) is 2.52. The van der Waals surface area contributed by atoms with Crippen molar-refractivity contribution in [2.75, 3.05) is 5.32 Å². The number of allylic oxidation sites excluding steroid dienone is 1. The van der Waals surface area contributed by atoms with E-state index in [4.69, 9.17) is 11.6 Å². The maximum Gasteiger partial charge on any atom is 0.287 e. The van der Waals surface area contributed by atoms with Crippen LogP contribution in [0.1, 0.15) is 5.56 Å². The molecule has 0 fully saturated rings. The average molecular weight is 277 g/mol. The Morgan fingerprint density at radius 3 is 2.84 bits per heavy atom. The van der Waals surface area contributed by atoms with Crippen LogP contribution in [0.5, 0.6) is 0 Å². The molecule has 2 aromatic heterocycles. The van der Waals surface area contributed by atoms with E-state index in [1.54, 1.807) is 18.5 Å². The summed E-state index contributed by atoms with van der Waals surface area (Å²) in [6.45, 7) is 4.45. The predicted molar refractivity (Wildman–Crippen MR) is 75.3 cm³/mol. The van der Waals surface area contributed by atoms with Crippen molar-refractivity contribution in [2.45, 2.75) is 13.1 Å². The quantitative estimate of drug-likeness (QED) is 0.850. The molecule has 0 radical (unpaired) electrons. The summed E-state index contributed by atoms with van der Waals surface area (Å²) in [5.74, 6) is 0. The second-order valence-corrected chi connectivity index (χ2v) is 4.24. The van der Waals surface area contributed by atoms with E-state index in [9.17, 15) is 4.79 Å². The average Bonchev–Trinajstić information content (AvgIpc) is 2.44. The van der Waals surface area contributed by atoms with Gasteiger partial charge in [-0.25, -0.2) is 4.68 Å². The Labute approximate surface area is 115 Å². The molecule has 0 bridgehead atoms. The van der Waals surface area contributed by atoms with Crippen molar-refractivity contribution >= 4 is 17.3 Å². The normalized spacial score (nSPS) is 10.2. The highest BCUT2D eigenvalue weighted by Crippen LogP contribution is 2.16. The van der Waals surface area contributed by atoms with Gasteiger partial charge in [0.15, 0.2) is 0 Å². The zero-order valence-electron chi connectivity index (χ0n) is 10.2. The zero-order chi connectivity index (χ0) is 13.7. The van der Waals surface area contributed by atoms with Crippen molar-refractivity contribution < 1.29 is 0 Å². The molecular formula is C13H13ClN4O. The number of nitrogens with one attached hydrogen (secondary N) is 1. The van der Waals surface area contributed by atoms with Crippen LogP contribution >= 0.6 is 11.6 Å². The van der Waals surface area contributed by atoms with E-state index in [2.05, 4.69) is 22.0 Å². The van der Waals surface area contributed by atoms with Crippen molar-refractivity contribution in [3.8, 4) is 0 Å². The number of halogens is 1. The number of anilines is 1. The van der Waals surface area contributed by atoms with Crippen LogP contribution in [0, 0.1) is 0 Å². The van der Waals surface area contributed by atoms with Gasteiger partial charge in [0.25, 0.3) is 5.56 Å². The van der Waals surface area contributed by atoms with Gasteiger partial charge in [-0.2, -0.15) is 5.10 Å². The summed E-state index contributed by atoms with van der Waals surface area (Å²) in [7, 11) is 0. The minimum atomic E-state index is -0.332. The van der Waals surface area contributed by atoms with Crippen LogP contribution in [0.3, 0.4) is 0 Å². The fraction of sp³-hybridized carbons (Fsp3) is 0.154. The molecule has 5 nitrogen and oxygen atoms in total. The van der Waals surface area contributed by atoms with Gasteiger partial charge < -0.3 is 5.32 Å². The first-order chi connectivity index (χ1) is 9.22. The molecule has 0 spiro atoms. The van der Waals surface area contributed by atoms with Crippen molar-refractivity contribution in [1.29, 1.82) is 0 Å². The number of hydrogen-bond acceptors (Lipinski definition) is 4. The van der Waals surface area contributed by atoms with E-state index in [-0.39, 0.29) is 10.6 Å². The fourth-order valence-corrected chi connectivity index (χ4v) is 1.75. The first-order valence-corrected chi connectivity index (χ1v) is 6.09. The molecule has 2 aromatic rings. The largest absolute Gasteiger partial charge is 0.378 e. The van der Waals surface area contributed by atoms with Crippen molar-refractivity contribution in [3.63, 3.8) is 0 Å². The Bertz CT molecular complexity index is 624. The Morgan fingerprint density at radius 1 is 1.42 bits per heavy atom. The minimum Gasteiger partial charge on any atom is -0.378 e. The number of aromatic nitrogens is 3. The monoisotopic (exact) mass is 276 g/mol. The van der Waals surface area contributed by atoms with Gasteiger partial charge in [0.05, 0.1) is 18.4 Å². The lowest BCUT2D eigenvalue weighted by Gasteiger charge is -2.09. The van der Waals surface area contributed by atoms with Crippen LogP contribution in [0.15, 0.2) is 48.2 Å². The molecule has 0 aromatic carbocycles. The van der Waals surface area contributed by atoms with E-state index in [1.165, 1.54) is 10.9 Å². The summed E-state index contributed by atoms with van der Waals surface area (Å²) in [4.78, 5) is 15.8. The molecule has 98 valence electrons. The van der Waals surface area contributed by atoms with Gasteiger partial charge >= 0.3 is 0 Å². The molecule has 0 saturated heterocycles. The molecule has 2 rings (SSSR count).